The number of anilines is 1. The van der Waals surface area contributed by atoms with Gasteiger partial charge in [-0.15, -0.1) is 0 Å². The van der Waals surface area contributed by atoms with Gasteiger partial charge >= 0.3 is 0 Å². The van der Waals surface area contributed by atoms with Gasteiger partial charge in [0.25, 0.3) is 5.91 Å². The Bertz CT molecular complexity index is 948. The molecule has 2 heterocycles. The highest BCUT2D eigenvalue weighted by molar-refractivity contribution is 5.94. The molecule has 6 heteroatoms. The predicted molar refractivity (Wildman–Crippen MR) is 105 cm³/mol. The molecule has 140 valence electrons. The average molecular weight is 366 g/mol. The molecule has 1 aromatic heterocycles. The molecule has 0 radical (unpaired) electrons. The summed E-state index contributed by atoms with van der Waals surface area (Å²) in [6, 6.07) is 12.6. The van der Waals surface area contributed by atoms with Crippen LogP contribution in [0.5, 0.6) is 0 Å². The molecule has 1 aliphatic rings. The Morgan fingerprint density at radius 2 is 2.07 bits per heavy atom. The third-order valence-corrected chi connectivity index (χ3v) is 5.18. The van der Waals surface area contributed by atoms with Crippen LogP contribution in [0.1, 0.15) is 34.9 Å². The van der Waals surface area contributed by atoms with Crippen molar-refractivity contribution in [3.8, 4) is 0 Å². The van der Waals surface area contributed by atoms with Gasteiger partial charge in [-0.2, -0.15) is 0 Å². The Kier molecular flexibility index (Phi) is 4.56. The number of hydrogen-bond donors (Lipinski definition) is 1. The van der Waals surface area contributed by atoms with Crippen molar-refractivity contribution in [2.24, 2.45) is 0 Å². The average Bonchev–Trinajstić information content (AvgIpc) is 3.11. The Labute approximate surface area is 157 Å². The van der Waals surface area contributed by atoms with Gasteiger partial charge in [-0.3, -0.25) is 4.79 Å². The fraction of sp³-hybridized carbons (Fsp3) is 0.333. The molecule has 1 atom stereocenters. The van der Waals surface area contributed by atoms with Crippen LogP contribution < -0.4 is 4.90 Å². The zero-order chi connectivity index (χ0) is 19.0. The number of aromatic amines is 1. The summed E-state index contributed by atoms with van der Waals surface area (Å²) in [5.41, 5.74) is 2.82. The zero-order valence-corrected chi connectivity index (χ0v) is 15.6. The lowest BCUT2D eigenvalue weighted by Gasteiger charge is -2.32. The number of imidazole rings is 1. The van der Waals surface area contributed by atoms with Gasteiger partial charge in [0.05, 0.1) is 16.7 Å². The quantitative estimate of drug-likeness (QED) is 0.767. The van der Waals surface area contributed by atoms with E-state index in [1.807, 2.05) is 29.2 Å². The van der Waals surface area contributed by atoms with Gasteiger partial charge in [0, 0.05) is 38.7 Å². The van der Waals surface area contributed by atoms with Crippen LogP contribution in [0.15, 0.2) is 42.5 Å². The molecule has 1 aliphatic heterocycles. The van der Waals surface area contributed by atoms with Crippen molar-refractivity contribution in [1.82, 2.24) is 14.9 Å². The number of carbonyl (C=O) groups is 1. The number of halogens is 1. The lowest BCUT2D eigenvalue weighted by atomic mass is 9.96. The number of benzene rings is 2. The summed E-state index contributed by atoms with van der Waals surface area (Å²) in [5.74, 6) is 0.584. The summed E-state index contributed by atoms with van der Waals surface area (Å²) >= 11 is 0. The molecule has 0 aliphatic carbocycles. The molecule has 1 unspecified atom stereocenters. The first-order chi connectivity index (χ1) is 13.0. The standard InChI is InChI=1S/C21H23FN4O/c1-25(2)19-10-9-14(12-16(19)22)21(27)26-11-5-6-15(13-26)20-23-17-7-3-4-8-18(17)24-20/h3-4,7-10,12,15H,5-6,11,13H2,1-2H3,(H,23,24). The van der Waals surface area contributed by atoms with Crippen LogP contribution in [-0.4, -0.2) is 48.0 Å². The molecule has 0 saturated carbocycles. The second-order valence-corrected chi connectivity index (χ2v) is 7.29. The first-order valence-electron chi connectivity index (χ1n) is 9.23. The van der Waals surface area contributed by atoms with Crippen LogP contribution in [0, 0.1) is 5.82 Å². The van der Waals surface area contributed by atoms with E-state index in [1.54, 1.807) is 31.1 Å². The second kappa shape index (κ2) is 7.02. The number of carbonyl (C=O) groups excluding carboxylic acids is 1. The van der Waals surface area contributed by atoms with Gasteiger partial charge in [0.15, 0.2) is 0 Å². The molecule has 1 saturated heterocycles. The number of likely N-dealkylation sites (tertiary alicyclic amines) is 1. The van der Waals surface area contributed by atoms with Crippen LogP contribution in [0.3, 0.4) is 0 Å². The van der Waals surface area contributed by atoms with Crippen LogP contribution >= 0.6 is 0 Å². The predicted octanol–water partition coefficient (Wildman–Crippen LogP) is 3.79. The summed E-state index contributed by atoms with van der Waals surface area (Å²) in [6.07, 6.45) is 1.89. The van der Waals surface area contributed by atoms with Gasteiger partial charge in [0.2, 0.25) is 0 Å². The van der Waals surface area contributed by atoms with Crippen molar-refractivity contribution < 1.29 is 9.18 Å². The van der Waals surface area contributed by atoms with Crippen LogP contribution in [0.25, 0.3) is 11.0 Å². The molecule has 0 bridgehead atoms. The smallest absolute Gasteiger partial charge is 0.253 e. The van der Waals surface area contributed by atoms with E-state index in [4.69, 9.17) is 0 Å². The first kappa shape index (κ1) is 17.5. The van der Waals surface area contributed by atoms with Crippen LogP contribution in [0.4, 0.5) is 10.1 Å². The molecule has 1 N–H and O–H groups in total. The number of H-pyrrole nitrogens is 1. The summed E-state index contributed by atoms with van der Waals surface area (Å²) in [5, 5.41) is 0. The lowest BCUT2D eigenvalue weighted by molar-refractivity contribution is 0.0704. The summed E-state index contributed by atoms with van der Waals surface area (Å²) in [7, 11) is 3.56. The molecule has 5 nitrogen and oxygen atoms in total. The maximum atomic E-state index is 14.3. The third kappa shape index (κ3) is 3.39. The van der Waals surface area contributed by atoms with E-state index in [9.17, 15) is 9.18 Å². The molecule has 3 aromatic rings. The molecule has 27 heavy (non-hydrogen) atoms. The van der Waals surface area contributed by atoms with E-state index in [0.29, 0.717) is 24.3 Å². The van der Waals surface area contributed by atoms with Crippen molar-refractivity contribution in [3.05, 3.63) is 59.7 Å². The Morgan fingerprint density at radius 3 is 2.81 bits per heavy atom. The minimum absolute atomic E-state index is 0.125. The normalized spacial score (nSPS) is 17.3. The Hall–Kier alpha value is -2.89. The van der Waals surface area contributed by atoms with Crippen molar-refractivity contribution in [2.75, 3.05) is 32.1 Å². The number of fused-ring (bicyclic) bond motifs is 1. The highest BCUT2D eigenvalue weighted by atomic mass is 19.1. The molecular weight excluding hydrogens is 343 g/mol. The third-order valence-electron chi connectivity index (χ3n) is 5.18. The number of para-hydroxylation sites is 2. The number of amides is 1. The van der Waals surface area contributed by atoms with Gasteiger partial charge in [-0.05, 0) is 43.2 Å². The minimum atomic E-state index is -0.378. The number of piperidine rings is 1. The van der Waals surface area contributed by atoms with Gasteiger partial charge in [0.1, 0.15) is 11.6 Å². The van der Waals surface area contributed by atoms with Gasteiger partial charge < -0.3 is 14.8 Å². The van der Waals surface area contributed by atoms with Crippen molar-refractivity contribution in [3.63, 3.8) is 0 Å². The number of nitrogens with one attached hydrogen (secondary N) is 1. The molecule has 0 spiro atoms. The second-order valence-electron chi connectivity index (χ2n) is 7.29. The molecular formula is C21H23FN4O. The summed E-state index contributed by atoms with van der Waals surface area (Å²) < 4.78 is 14.3. The molecule has 4 rings (SSSR count). The first-order valence-corrected chi connectivity index (χ1v) is 9.23. The Balaban J connectivity index is 1.54. The maximum Gasteiger partial charge on any atom is 0.253 e. The largest absolute Gasteiger partial charge is 0.375 e. The highest BCUT2D eigenvalue weighted by Crippen LogP contribution is 2.28. The lowest BCUT2D eigenvalue weighted by Crippen LogP contribution is -2.39. The number of hydrogen-bond acceptors (Lipinski definition) is 3. The van der Waals surface area contributed by atoms with E-state index in [2.05, 4.69) is 9.97 Å². The highest BCUT2D eigenvalue weighted by Gasteiger charge is 2.27. The number of nitrogens with zero attached hydrogens (tertiary/aromatic N) is 3. The SMILES string of the molecule is CN(C)c1ccc(C(=O)N2CCCC(c3nc4ccccc4[nH]3)C2)cc1F. The van der Waals surface area contributed by atoms with Gasteiger partial charge in [-0.1, -0.05) is 12.1 Å². The fourth-order valence-electron chi connectivity index (χ4n) is 3.74. The monoisotopic (exact) mass is 366 g/mol. The van der Waals surface area contributed by atoms with E-state index in [-0.39, 0.29) is 17.6 Å². The van der Waals surface area contributed by atoms with Crippen LogP contribution in [0.2, 0.25) is 0 Å². The van der Waals surface area contributed by atoms with Crippen molar-refractivity contribution >= 4 is 22.6 Å². The van der Waals surface area contributed by atoms with E-state index in [1.165, 1.54) is 6.07 Å². The van der Waals surface area contributed by atoms with E-state index in [0.717, 1.165) is 29.7 Å². The van der Waals surface area contributed by atoms with Gasteiger partial charge in [-0.25, -0.2) is 9.37 Å². The topological polar surface area (TPSA) is 52.2 Å². The fourth-order valence-corrected chi connectivity index (χ4v) is 3.74. The van der Waals surface area contributed by atoms with Crippen molar-refractivity contribution in [2.45, 2.75) is 18.8 Å². The van der Waals surface area contributed by atoms with Crippen LogP contribution in [-0.2, 0) is 0 Å². The minimum Gasteiger partial charge on any atom is -0.375 e. The van der Waals surface area contributed by atoms with Crippen molar-refractivity contribution in [1.29, 1.82) is 0 Å². The maximum absolute atomic E-state index is 14.3. The Morgan fingerprint density at radius 1 is 1.26 bits per heavy atom. The summed E-state index contributed by atoms with van der Waals surface area (Å²) in [6.45, 7) is 1.28. The summed E-state index contributed by atoms with van der Waals surface area (Å²) in [4.78, 5) is 24.5. The molecule has 2 aromatic carbocycles. The number of rotatable bonds is 3. The van der Waals surface area contributed by atoms with E-state index < -0.39 is 0 Å². The molecule has 1 fully saturated rings. The number of aromatic nitrogens is 2. The van der Waals surface area contributed by atoms with E-state index >= 15 is 0 Å². The zero-order valence-electron chi connectivity index (χ0n) is 15.6. The molecule has 1 amide bonds.